The minimum Gasteiger partial charge on any atom is -0.484 e. The smallest absolute Gasteiger partial charge is 0.262 e. The summed E-state index contributed by atoms with van der Waals surface area (Å²) < 4.78 is 8.86. The number of anilines is 1. The molecule has 9 heteroatoms. The van der Waals surface area contributed by atoms with Gasteiger partial charge in [0.05, 0.1) is 17.6 Å². The average Bonchev–Trinajstić information content (AvgIpc) is 3.44. The quantitative estimate of drug-likeness (QED) is 0.495. The predicted molar refractivity (Wildman–Crippen MR) is 106 cm³/mol. The van der Waals surface area contributed by atoms with Crippen LogP contribution in [0.4, 0.5) is 5.69 Å². The highest BCUT2D eigenvalue weighted by Gasteiger charge is 2.07. The average molecular weight is 389 g/mol. The van der Waals surface area contributed by atoms with Crippen LogP contribution in [0.25, 0.3) is 5.69 Å². The van der Waals surface area contributed by atoms with Crippen LogP contribution in [0, 0.1) is 0 Å². The third-order valence-corrected chi connectivity index (χ3v) is 4.21. The number of rotatable bonds is 8. The molecule has 2 aromatic carbocycles. The molecule has 146 valence electrons. The molecule has 0 aliphatic rings. The van der Waals surface area contributed by atoms with Crippen molar-refractivity contribution in [3.63, 3.8) is 0 Å². The van der Waals surface area contributed by atoms with Crippen LogP contribution in [0.1, 0.15) is 5.56 Å². The Hall–Kier alpha value is -4.01. The molecule has 0 aliphatic carbocycles. The lowest BCUT2D eigenvalue weighted by molar-refractivity contribution is -0.118. The zero-order valence-corrected chi connectivity index (χ0v) is 15.5. The summed E-state index contributed by atoms with van der Waals surface area (Å²) in [6.45, 7) is 0.642. The van der Waals surface area contributed by atoms with E-state index in [0.29, 0.717) is 11.4 Å². The highest BCUT2D eigenvalue weighted by atomic mass is 16.5. The van der Waals surface area contributed by atoms with Crippen molar-refractivity contribution in [2.24, 2.45) is 0 Å². The van der Waals surface area contributed by atoms with E-state index in [9.17, 15) is 4.79 Å². The number of carbonyl (C=O) groups is 1. The summed E-state index contributed by atoms with van der Waals surface area (Å²) in [7, 11) is 0. The number of aromatic nitrogens is 6. The van der Waals surface area contributed by atoms with E-state index in [1.807, 2.05) is 24.4 Å². The number of nitrogens with zero attached hydrogens (tertiary/aromatic N) is 6. The Morgan fingerprint density at radius 1 is 1.07 bits per heavy atom. The van der Waals surface area contributed by atoms with Crippen LogP contribution in [-0.4, -0.2) is 42.5 Å². The van der Waals surface area contributed by atoms with Gasteiger partial charge in [0.15, 0.2) is 6.61 Å². The molecule has 2 heterocycles. The van der Waals surface area contributed by atoms with E-state index in [-0.39, 0.29) is 12.5 Å². The van der Waals surface area contributed by atoms with E-state index in [1.54, 1.807) is 35.1 Å². The molecule has 0 bridgehead atoms. The van der Waals surface area contributed by atoms with Crippen molar-refractivity contribution < 1.29 is 9.53 Å². The molecular formula is C20H19N7O2. The minimum atomic E-state index is -0.253. The van der Waals surface area contributed by atoms with Crippen molar-refractivity contribution in [1.82, 2.24) is 30.0 Å². The summed E-state index contributed by atoms with van der Waals surface area (Å²) in [6.07, 6.45) is 5.81. The van der Waals surface area contributed by atoms with Gasteiger partial charge in [-0.3, -0.25) is 9.48 Å². The Labute approximate surface area is 166 Å². The molecule has 1 N–H and O–H groups in total. The van der Waals surface area contributed by atoms with Crippen LogP contribution < -0.4 is 10.1 Å². The lowest BCUT2D eigenvalue weighted by atomic mass is 10.1. The summed E-state index contributed by atoms with van der Waals surface area (Å²) in [6, 6.07) is 17.3. The van der Waals surface area contributed by atoms with Crippen molar-refractivity contribution in [2.45, 2.75) is 13.0 Å². The molecule has 2 aromatic heterocycles. The number of carbonyl (C=O) groups excluding carboxylic acids is 1. The number of amides is 1. The van der Waals surface area contributed by atoms with E-state index in [2.05, 4.69) is 38.1 Å². The van der Waals surface area contributed by atoms with Gasteiger partial charge in [-0.2, -0.15) is 5.10 Å². The molecule has 29 heavy (non-hydrogen) atoms. The fourth-order valence-electron chi connectivity index (χ4n) is 2.76. The first-order chi connectivity index (χ1) is 14.3. The number of hydrogen-bond acceptors (Lipinski definition) is 6. The van der Waals surface area contributed by atoms with Gasteiger partial charge >= 0.3 is 0 Å². The minimum absolute atomic E-state index is 0.0978. The molecule has 9 nitrogen and oxygen atoms in total. The second-order valence-corrected chi connectivity index (χ2v) is 6.31. The van der Waals surface area contributed by atoms with Gasteiger partial charge in [-0.25, -0.2) is 4.68 Å². The van der Waals surface area contributed by atoms with E-state index in [4.69, 9.17) is 4.74 Å². The van der Waals surface area contributed by atoms with Crippen LogP contribution in [0.2, 0.25) is 0 Å². The van der Waals surface area contributed by atoms with Crippen molar-refractivity contribution in [2.75, 3.05) is 11.9 Å². The SMILES string of the molecule is O=C(COc1ccc(-n2cnnn2)cc1)Nc1cnn(CCc2ccccc2)c1. The fourth-order valence-corrected chi connectivity index (χ4v) is 2.76. The second kappa shape index (κ2) is 8.79. The second-order valence-electron chi connectivity index (χ2n) is 6.31. The lowest BCUT2D eigenvalue weighted by Crippen LogP contribution is -2.19. The molecule has 0 saturated carbocycles. The summed E-state index contributed by atoms with van der Waals surface area (Å²) in [4.78, 5) is 12.1. The topological polar surface area (TPSA) is 99.8 Å². The Balaban J connectivity index is 1.24. The first-order valence-electron chi connectivity index (χ1n) is 9.09. The number of hydrogen-bond donors (Lipinski definition) is 1. The number of aryl methyl sites for hydroxylation is 2. The largest absolute Gasteiger partial charge is 0.484 e. The summed E-state index contributed by atoms with van der Waals surface area (Å²) >= 11 is 0. The molecular weight excluding hydrogens is 370 g/mol. The number of nitrogens with one attached hydrogen (secondary N) is 1. The maximum Gasteiger partial charge on any atom is 0.262 e. The molecule has 0 unspecified atom stereocenters. The van der Waals surface area contributed by atoms with Gasteiger partial charge < -0.3 is 10.1 Å². The van der Waals surface area contributed by atoms with Crippen LogP contribution >= 0.6 is 0 Å². The number of tetrazole rings is 1. The lowest BCUT2D eigenvalue weighted by Gasteiger charge is -2.07. The highest BCUT2D eigenvalue weighted by Crippen LogP contribution is 2.14. The third kappa shape index (κ3) is 5.04. The molecule has 0 spiro atoms. The Kier molecular flexibility index (Phi) is 5.56. The van der Waals surface area contributed by atoms with Gasteiger partial charge in [-0.1, -0.05) is 30.3 Å². The molecule has 0 atom stereocenters. The molecule has 4 aromatic rings. The monoisotopic (exact) mass is 389 g/mol. The van der Waals surface area contributed by atoms with E-state index in [0.717, 1.165) is 18.7 Å². The molecule has 4 rings (SSSR count). The number of benzene rings is 2. The third-order valence-electron chi connectivity index (χ3n) is 4.21. The predicted octanol–water partition coefficient (Wildman–Crippen LogP) is 2.12. The summed E-state index contributed by atoms with van der Waals surface area (Å²) in [5.74, 6) is 0.327. The Morgan fingerprint density at radius 3 is 2.66 bits per heavy atom. The van der Waals surface area contributed by atoms with Crippen LogP contribution in [0.3, 0.4) is 0 Å². The van der Waals surface area contributed by atoms with Gasteiger partial charge in [0.2, 0.25) is 0 Å². The van der Waals surface area contributed by atoms with Crippen molar-refractivity contribution >= 4 is 11.6 Å². The molecule has 0 fully saturated rings. The van der Waals surface area contributed by atoms with Crippen LogP contribution in [0.15, 0.2) is 73.3 Å². The van der Waals surface area contributed by atoms with Crippen LogP contribution in [0.5, 0.6) is 5.75 Å². The van der Waals surface area contributed by atoms with Gasteiger partial charge in [0, 0.05) is 12.7 Å². The zero-order chi connectivity index (χ0) is 19.9. The maximum absolute atomic E-state index is 12.1. The molecule has 1 amide bonds. The number of ether oxygens (including phenoxy) is 1. The van der Waals surface area contributed by atoms with E-state index in [1.165, 1.54) is 16.6 Å². The van der Waals surface area contributed by atoms with Gasteiger partial charge in [-0.05, 0) is 46.7 Å². The standard InChI is InChI=1S/C20H19N7O2/c28-20(14-29-19-8-6-18(7-9-19)27-15-21-24-25-27)23-17-12-22-26(13-17)11-10-16-4-2-1-3-5-16/h1-9,12-13,15H,10-11,14H2,(H,23,28). The van der Waals surface area contributed by atoms with Crippen molar-refractivity contribution in [3.8, 4) is 11.4 Å². The molecule has 0 saturated heterocycles. The van der Waals surface area contributed by atoms with Crippen LogP contribution in [-0.2, 0) is 17.8 Å². The normalized spacial score (nSPS) is 10.6. The maximum atomic E-state index is 12.1. The Morgan fingerprint density at radius 2 is 1.90 bits per heavy atom. The van der Waals surface area contributed by atoms with Crippen molar-refractivity contribution in [1.29, 1.82) is 0 Å². The van der Waals surface area contributed by atoms with Gasteiger partial charge in [0.1, 0.15) is 12.1 Å². The fraction of sp³-hybridized carbons (Fsp3) is 0.150. The first-order valence-corrected chi connectivity index (χ1v) is 9.09. The molecule has 0 radical (unpaired) electrons. The zero-order valence-electron chi connectivity index (χ0n) is 15.5. The summed E-state index contributed by atoms with van der Waals surface area (Å²) in [5.41, 5.74) is 2.68. The van der Waals surface area contributed by atoms with Gasteiger partial charge in [0.25, 0.3) is 5.91 Å². The van der Waals surface area contributed by atoms with E-state index >= 15 is 0 Å². The van der Waals surface area contributed by atoms with Crippen molar-refractivity contribution in [3.05, 3.63) is 78.9 Å². The first kappa shape index (κ1) is 18.4. The van der Waals surface area contributed by atoms with E-state index < -0.39 is 0 Å². The Bertz CT molecular complexity index is 1040. The summed E-state index contributed by atoms with van der Waals surface area (Å²) in [5, 5.41) is 18.1. The van der Waals surface area contributed by atoms with Gasteiger partial charge in [-0.15, -0.1) is 5.10 Å². The highest BCUT2D eigenvalue weighted by molar-refractivity contribution is 5.91. The molecule has 0 aliphatic heterocycles.